The summed E-state index contributed by atoms with van der Waals surface area (Å²) in [6.45, 7) is 2.17. The Labute approximate surface area is 127 Å². The number of piperidine rings is 1. The van der Waals surface area contributed by atoms with E-state index in [2.05, 4.69) is 4.98 Å². The monoisotopic (exact) mass is 305 g/mol. The number of hydrogen-bond acceptors (Lipinski definition) is 2. The second-order valence-corrected chi connectivity index (χ2v) is 5.62. The summed E-state index contributed by atoms with van der Waals surface area (Å²) in [4.78, 5) is 18.0. The molecule has 0 aliphatic carbocycles. The Morgan fingerprint density at radius 3 is 2.64 bits per heavy atom. The van der Waals surface area contributed by atoms with E-state index in [9.17, 15) is 13.6 Å². The van der Waals surface area contributed by atoms with Gasteiger partial charge in [0.25, 0.3) is 5.91 Å². The van der Waals surface area contributed by atoms with Crippen LogP contribution in [0.4, 0.5) is 8.78 Å². The maximum absolute atomic E-state index is 13.2. The van der Waals surface area contributed by atoms with Crippen molar-refractivity contribution in [3.63, 3.8) is 0 Å². The van der Waals surface area contributed by atoms with Crippen molar-refractivity contribution in [3.05, 3.63) is 54.1 Å². The molecule has 0 unspecified atom stereocenters. The van der Waals surface area contributed by atoms with Gasteiger partial charge in [-0.3, -0.25) is 4.79 Å². The Morgan fingerprint density at radius 2 is 2.00 bits per heavy atom. The summed E-state index contributed by atoms with van der Waals surface area (Å²) in [6.07, 6.45) is 7.26. The number of nitrogens with zero attached hydrogens (tertiary/aromatic N) is 3. The maximum Gasteiger partial charge on any atom is 0.253 e. The minimum absolute atomic E-state index is 0.201. The Morgan fingerprint density at radius 1 is 1.23 bits per heavy atom. The molecule has 0 bridgehead atoms. The molecule has 0 radical (unpaired) electrons. The predicted molar refractivity (Wildman–Crippen MR) is 77.2 cm³/mol. The molecule has 22 heavy (non-hydrogen) atoms. The predicted octanol–water partition coefficient (Wildman–Crippen LogP) is 2.71. The summed E-state index contributed by atoms with van der Waals surface area (Å²) < 4.78 is 28.2. The van der Waals surface area contributed by atoms with E-state index in [1.165, 1.54) is 6.07 Å². The smallest absolute Gasteiger partial charge is 0.253 e. The zero-order chi connectivity index (χ0) is 15.5. The average Bonchev–Trinajstić information content (AvgIpc) is 3.03. The number of benzene rings is 1. The lowest BCUT2D eigenvalue weighted by Gasteiger charge is -2.32. The van der Waals surface area contributed by atoms with E-state index < -0.39 is 11.6 Å². The first-order valence-electron chi connectivity index (χ1n) is 7.33. The van der Waals surface area contributed by atoms with Gasteiger partial charge < -0.3 is 9.47 Å². The van der Waals surface area contributed by atoms with E-state index >= 15 is 0 Å². The number of amides is 1. The molecule has 116 valence electrons. The molecule has 2 aromatic rings. The fourth-order valence-corrected chi connectivity index (χ4v) is 2.82. The number of imidazole rings is 1. The van der Waals surface area contributed by atoms with Gasteiger partial charge in [-0.25, -0.2) is 13.8 Å². The van der Waals surface area contributed by atoms with Gasteiger partial charge in [-0.1, -0.05) is 0 Å². The van der Waals surface area contributed by atoms with Crippen molar-refractivity contribution in [3.8, 4) is 0 Å². The van der Waals surface area contributed by atoms with Crippen molar-refractivity contribution in [2.45, 2.75) is 19.4 Å². The van der Waals surface area contributed by atoms with Gasteiger partial charge in [0.15, 0.2) is 11.6 Å². The third kappa shape index (κ3) is 3.16. The van der Waals surface area contributed by atoms with E-state index in [0.717, 1.165) is 31.5 Å². The first-order chi connectivity index (χ1) is 10.6. The summed E-state index contributed by atoms with van der Waals surface area (Å²) in [7, 11) is 0. The molecule has 1 aliphatic heterocycles. The number of carbonyl (C=O) groups excluding carboxylic acids is 1. The van der Waals surface area contributed by atoms with Crippen LogP contribution in [-0.4, -0.2) is 33.4 Å². The van der Waals surface area contributed by atoms with Gasteiger partial charge in [0, 0.05) is 37.6 Å². The van der Waals surface area contributed by atoms with E-state index in [4.69, 9.17) is 0 Å². The SMILES string of the molecule is O=C(c1ccc(F)c(F)c1)N1CCC(Cn2ccnc2)CC1. The number of hydrogen-bond donors (Lipinski definition) is 0. The topological polar surface area (TPSA) is 38.1 Å². The second kappa shape index (κ2) is 6.25. The maximum atomic E-state index is 13.2. The summed E-state index contributed by atoms with van der Waals surface area (Å²) in [5, 5.41) is 0. The fraction of sp³-hybridized carbons (Fsp3) is 0.375. The minimum Gasteiger partial charge on any atom is -0.339 e. The summed E-state index contributed by atoms with van der Waals surface area (Å²) in [5.41, 5.74) is 0.201. The molecule has 4 nitrogen and oxygen atoms in total. The van der Waals surface area contributed by atoms with Crippen molar-refractivity contribution >= 4 is 5.91 Å². The molecule has 1 aromatic heterocycles. The van der Waals surface area contributed by atoms with E-state index in [1.54, 1.807) is 17.4 Å². The van der Waals surface area contributed by atoms with Crippen LogP contribution in [0.2, 0.25) is 0 Å². The van der Waals surface area contributed by atoms with Crippen LogP contribution in [0.1, 0.15) is 23.2 Å². The van der Waals surface area contributed by atoms with Crippen molar-refractivity contribution in [1.82, 2.24) is 14.5 Å². The van der Waals surface area contributed by atoms with E-state index in [-0.39, 0.29) is 11.5 Å². The fourth-order valence-electron chi connectivity index (χ4n) is 2.82. The van der Waals surface area contributed by atoms with Crippen LogP contribution in [0, 0.1) is 17.6 Å². The van der Waals surface area contributed by atoms with E-state index in [0.29, 0.717) is 19.0 Å². The molecule has 2 heterocycles. The normalized spacial score (nSPS) is 16.0. The number of likely N-dealkylation sites (tertiary alicyclic amines) is 1. The second-order valence-electron chi connectivity index (χ2n) is 5.62. The van der Waals surface area contributed by atoms with Gasteiger partial charge in [0.05, 0.1) is 6.33 Å². The largest absolute Gasteiger partial charge is 0.339 e. The van der Waals surface area contributed by atoms with Gasteiger partial charge in [-0.15, -0.1) is 0 Å². The molecule has 1 aromatic carbocycles. The van der Waals surface area contributed by atoms with Gasteiger partial charge in [0.2, 0.25) is 0 Å². The first kappa shape index (κ1) is 14.7. The lowest BCUT2D eigenvalue weighted by molar-refractivity contribution is 0.0682. The zero-order valence-electron chi connectivity index (χ0n) is 12.1. The number of aromatic nitrogens is 2. The average molecular weight is 305 g/mol. The molecule has 3 rings (SSSR count). The molecular formula is C16H17F2N3O. The van der Waals surface area contributed by atoms with Crippen LogP contribution in [0.5, 0.6) is 0 Å². The van der Waals surface area contributed by atoms with Crippen molar-refractivity contribution in [2.24, 2.45) is 5.92 Å². The molecule has 0 N–H and O–H groups in total. The Bertz CT molecular complexity index is 649. The highest BCUT2D eigenvalue weighted by Gasteiger charge is 2.24. The lowest BCUT2D eigenvalue weighted by Crippen LogP contribution is -2.39. The Balaban J connectivity index is 1.58. The molecule has 0 saturated carbocycles. The number of rotatable bonds is 3. The summed E-state index contributed by atoms with van der Waals surface area (Å²) >= 11 is 0. The van der Waals surface area contributed by atoms with Gasteiger partial charge in [-0.2, -0.15) is 0 Å². The molecule has 0 spiro atoms. The first-order valence-corrected chi connectivity index (χ1v) is 7.33. The molecule has 0 atom stereocenters. The van der Waals surface area contributed by atoms with Gasteiger partial charge in [-0.05, 0) is 37.0 Å². The van der Waals surface area contributed by atoms with Crippen molar-refractivity contribution in [2.75, 3.05) is 13.1 Å². The molecule has 1 fully saturated rings. The van der Waals surface area contributed by atoms with Crippen LogP contribution in [0.25, 0.3) is 0 Å². The third-order valence-corrected chi connectivity index (χ3v) is 4.10. The molecule has 1 amide bonds. The molecule has 1 saturated heterocycles. The lowest BCUT2D eigenvalue weighted by atomic mass is 9.96. The standard InChI is InChI=1S/C16H17F2N3O/c17-14-2-1-13(9-15(14)18)16(22)21-6-3-12(4-7-21)10-20-8-5-19-11-20/h1-2,5,8-9,11-12H,3-4,6-7,10H2. The quantitative estimate of drug-likeness (QED) is 0.874. The van der Waals surface area contributed by atoms with Crippen LogP contribution >= 0.6 is 0 Å². The molecule has 1 aliphatic rings. The van der Waals surface area contributed by atoms with Crippen LogP contribution < -0.4 is 0 Å². The van der Waals surface area contributed by atoms with Crippen LogP contribution in [-0.2, 0) is 6.54 Å². The highest BCUT2D eigenvalue weighted by Crippen LogP contribution is 2.21. The summed E-state index contributed by atoms with van der Waals surface area (Å²) in [5.74, 6) is -1.65. The van der Waals surface area contributed by atoms with Crippen molar-refractivity contribution < 1.29 is 13.6 Å². The van der Waals surface area contributed by atoms with E-state index in [1.807, 2.05) is 10.8 Å². The zero-order valence-corrected chi connectivity index (χ0v) is 12.1. The highest BCUT2D eigenvalue weighted by atomic mass is 19.2. The molecular weight excluding hydrogens is 288 g/mol. The molecule has 6 heteroatoms. The van der Waals surface area contributed by atoms with Crippen LogP contribution in [0.15, 0.2) is 36.9 Å². The van der Waals surface area contributed by atoms with Gasteiger partial charge in [0.1, 0.15) is 0 Å². The minimum atomic E-state index is -0.985. The van der Waals surface area contributed by atoms with Gasteiger partial charge >= 0.3 is 0 Å². The van der Waals surface area contributed by atoms with Crippen molar-refractivity contribution in [1.29, 1.82) is 0 Å². The Kier molecular flexibility index (Phi) is 4.18. The third-order valence-electron chi connectivity index (χ3n) is 4.10. The Hall–Kier alpha value is -2.24. The number of carbonyl (C=O) groups is 1. The van der Waals surface area contributed by atoms with Crippen LogP contribution in [0.3, 0.4) is 0 Å². The number of halogens is 2. The highest BCUT2D eigenvalue weighted by molar-refractivity contribution is 5.94. The summed E-state index contributed by atoms with van der Waals surface area (Å²) in [6, 6.07) is 3.29.